The number of amidine groups is 1. The molecule has 0 aliphatic heterocycles. The van der Waals surface area contributed by atoms with E-state index in [1.165, 1.54) is 24.3 Å². The van der Waals surface area contributed by atoms with Crippen molar-refractivity contribution in [2.24, 2.45) is 16.1 Å². The van der Waals surface area contributed by atoms with Crippen molar-refractivity contribution < 1.29 is 32.5 Å². The molecule has 0 unspecified atom stereocenters. The van der Waals surface area contributed by atoms with Crippen molar-refractivity contribution in [3.8, 4) is 0 Å². The van der Waals surface area contributed by atoms with E-state index in [0.29, 0.717) is 73.2 Å². The number of nitrogens with zero attached hydrogens (tertiary/aromatic N) is 2. The number of ether oxygens (including phenoxy) is 2. The molecule has 304 valence electrons. The molecule has 5 N–H and O–H groups in total. The molecular weight excluding hydrogens is 755 g/mol. The Morgan fingerprint density at radius 3 is 2.05 bits per heavy atom. The molecule has 0 bridgehead atoms. The molecule has 1 aliphatic rings. The summed E-state index contributed by atoms with van der Waals surface area (Å²) in [7, 11) is 0. The van der Waals surface area contributed by atoms with E-state index in [2.05, 4.69) is 5.32 Å². The second-order valence-corrected chi connectivity index (χ2v) is 14.0. The highest BCUT2D eigenvalue weighted by Gasteiger charge is 2.39. The first kappa shape index (κ1) is 44.7. The van der Waals surface area contributed by atoms with Crippen LogP contribution in [0, 0.1) is 10.8 Å². The first-order chi connectivity index (χ1) is 27.4. The first-order valence-electron chi connectivity index (χ1n) is 18.9. The second kappa shape index (κ2) is 22.1. The monoisotopic (exact) mass is 805 g/mol. The number of carbonyl (C=O) groups excluding carboxylic acids is 1. The van der Waals surface area contributed by atoms with Gasteiger partial charge >= 0.3 is 12.2 Å². The number of halogens is 4. The van der Waals surface area contributed by atoms with E-state index >= 15 is 0 Å². The normalized spacial score (nSPS) is 15.3. The van der Waals surface area contributed by atoms with Crippen molar-refractivity contribution in [2.75, 3.05) is 26.3 Å². The molecule has 5 rings (SSSR count). The fraction of sp³-hybridized carbons (Fsp3) is 0.341. The molecule has 0 spiro atoms. The Bertz CT molecular complexity index is 1900. The standard InChI is InChI=1S/C42H45ClF3N5O4.C2H6/c43-34-12-7-13-35(22-34)50-38-23-41(28-54-26-31-8-3-1-4-9-31,29-55-27-32-10-5-2-6-11-32)19-18-36(38)37(47)24-49-40(53)51(21-20-42(44,45)46)39(48)33-16-14-30(25-52)15-17-33;1-2/h1-17,22,48,52H,18-21,23-29,47H2,(H,49,53);1-2H3/b37-36-,48-39?,50-38?;. The minimum atomic E-state index is -4.56. The summed E-state index contributed by atoms with van der Waals surface area (Å²) in [5, 5.41) is 21.1. The summed E-state index contributed by atoms with van der Waals surface area (Å²) in [6.07, 6.45) is -4.39. The van der Waals surface area contributed by atoms with Gasteiger partial charge < -0.3 is 25.6 Å². The average Bonchev–Trinajstić information content (AvgIpc) is 3.21. The van der Waals surface area contributed by atoms with Crippen LogP contribution in [-0.2, 0) is 29.3 Å². The predicted octanol–water partition coefficient (Wildman–Crippen LogP) is 9.74. The Morgan fingerprint density at radius 1 is 0.912 bits per heavy atom. The number of nitrogens with two attached hydrogens (primary N) is 1. The molecule has 1 saturated carbocycles. The highest BCUT2D eigenvalue weighted by Crippen LogP contribution is 2.40. The lowest BCUT2D eigenvalue weighted by molar-refractivity contribution is -0.135. The Kier molecular flexibility index (Phi) is 17.3. The van der Waals surface area contributed by atoms with Gasteiger partial charge in [0.25, 0.3) is 0 Å². The van der Waals surface area contributed by atoms with Gasteiger partial charge in [-0.25, -0.2) is 4.79 Å². The van der Waals surface area contributed by atoms with E-state index in [1.807, 2.05) is 80.6 Å². The van der Waals surface area contributed by atoms with Crippen molar-refractivity contribution >= 4 is 34.9 Å². The van der Waals surface area contributed by atoms with Gasteiger partial charge in [0, 0.05) is 40.4 Å². The molecular formula is C44H51ClF3N5O4. The Balaban J connectivity index is 0.00000354. The van der Waals surface area contributed by atoms with Gasteiger partial charge in [-0.1, -0.05) is 116 Å². The third kappa shape index (κ3) is 14.2. The number of benzene rings is 4. The smallest absolute Gasteiger partial charge is 0.390 e. The van der Waals surface area contributed by atoms with Crippen molar-refractivity contribution in [1.29, 1.82) is 5.41 Å². The topological polar surface area (TPSA) is 133 Å². The van der Waals surface area contributed by atoms with Gasteiger partial charge in [0.05, 0.1) is 51.7 Å². The largest absolute Gasteiger partial charge is 0.400 e. The van der Waals surface area contributed by atoms with Crippen LogP contribution in [0.5, 0.6) is 0 Å². The zero-order valence-electron chi connectivity index (χ0n) is 32.3. The fourth-order valence-electron chi connectivity index (χ4n) is 6.30. The van der Waals surface area contributed by atoms with Crippen LogP contribution in [0.1, 0.15) is 61.8 Å². The van der Waals surface area contributed by atoms with Crippen LogP contribution in [0.25, 0.3) is 0 Å². The van der Waals surface area contributed by atoms with E-state index in [-0.39, 0.29) is 24.4 Å². The number of carbonyl (C=O) groups is 1. The minimum absolute atomic E-state index is 0.204. The molecule has 9 nitrogen and oxygen atoms in total. The third-order valence-corrected chi connectivity index (χ3v) is 9.50. The SMILES string of the molecule is CC.N=C(c1ccc(CO)cc1)N(CCC(F)(F)F)C(=O)NC/C(N)=C1\CCC(COCc2ccccc2)(COCc2ccccc2)CC1=Nc1cccc(Cl)c1. The van der Waals surface area contributed by atoms with Crippen molar-refractivity contribution in [1.82, 2.24) is 10.2 Å². The number of aliphatic imine (C=N–C) groups is 1. The highest BCUT2D eigenvalue weighted by atomic mass is 35.5. The molecule has 4 aromatic carbocycles. The molecule has 4 aromatic rings. The maximum Gasteiger partial charge on any atom is 0.390 e. The number of hydrogen-bond acceptors (Lipinski definition) is 7. The quantitative estimate of drug-likeness (QED) is 0.0702. The van der Waals surface area contributed by atoms with E-state index < -0.39 is 36.4 Å². The first-order valence-corrected chi connectivity index (χ1v) is 19.3. The lowest BCUT2D eigenvalue weighted by Crippen LogP contribution is -2.46. The summed E-state index contributed by atoms with van der Waals surface area (Å²) in [5.41, 5.74) is 11.3. The van der Waals surface area contributed by atoms with Crippen LogP contribution < -0.4 is 11.1 Å². The predicted molar refractivity (Wildman–Crippen MR) is 220 cm³/mol. The zero-order valence-corrected chi connectivity index (χ0v) is 33.1. The van der Waals surface area contributed by atoms with Crippen molar-refractivity contribution in [3.63, 3.8) is 0 Å². The number of aliphatic hydroxyl groups excluding tert-OH is 1. The van der Waals surface area contributed by atoms with E-state index in [9.17, 15) is 23.1 Å². The van der Waals surface area contributed by atoms with Gasteiger partial charge in [-0.3, -0.25) is 15.3 Å². The highest BCUT2D eigenvalue weighted by molar-refractivity contribution is 6.30. The van der Waals surface area contributed by atoms with Gasteiger partial charge in [0.1, 0.15) is 5.84 Å². The average molecular weight is 806 g/mol. The number of aliphatic hydroxyl groups is 1. The zero-order chi connectivity index (χ0) is 41.3. The molecule has 1 aliphatic carbocycles. The van der Waals surface area contributed by atoms with Gasteiger partial charge in [-0.2, -0.15) is 13.2 Å². The molecule has 13 heteroatoms. The minimum Gasteiger partial charge on any atom is -0.400 e. The van der Waals surface area contributed by atoms with Gasteiger partial charge in [-0.15, -0.1) is 0 Å². The van der Waals surface area contributed by atoms with Gasteiger partial charge in [0.15, 0.2) is 0 Å². The second-order valence-electron chi connectivity index (χ2n) is 13.6. The molecule has 0 aromatic heterocycles. The third-order valence-electron chi connectivity index (χ3n) is 9.27. The number of rotatable bonds is 15. The van der Waals surface area contributed by atoms with E-state index in [4.69, 9.17) is 37.2 Å². The summed E-state index contributed by atoms with van der Waals surface area (Å²) in [5.74, 6) is -0.422. The van der Waals surface area contributed by atoms with Crippen LogP contribution in [0.3, 0.4) is 0 Å². The van der Waals surface area contributed by atoms with Crippen molar-refractivity contribution in [2.45, 2.75) is 65.5 Å². The maximum absolute atomic E-state index is 13.5. The van der Waals surface area contributed by atoms with E-state index in [1.54, 1.807) is 18.2 Å². The number of nitrogens with one attached hydrogen (secondary N) is 2. The van der Waals surface area contributed by atoms with Gasteiger partial charge in [0.2, 0.25) is 0 Å². The van der Waals surface area contributed by atoms with Crippen LogP contribution in [0.15, 0.2) is 125 Å². The Labute approximate surface area is 337 Å². The van der Waals surface area contributed by atoms with Crippen molar-refractivity contribution in [3.05, 3.63) is 148 Å². The van der Waals surface area contributed by atoms with Crippen LogP contribution in [-0.4, -0.2) is 60.1 Å². The van der Waals surface area contributed by atoms with Crippen LogP contribution in [0.4, 0.5) is 23.7 Å². The number of amides is 2. The maximum atomic E-state index is 13.5. The fourth-order valence-corrected chi connectivity index (χ4v) is 6.48. The lowest BCUT2D eigenvalue weighted by atomic mass is 9.71. The molecule has 0 atom stereocenters. The number of alkyl halides is 3. The van der Waals surface area contributed by atoms with Gasteiger partial charge in [-0.05, 0) is 53.3 Å². The Morgan fingerprint density at radius 2 is 1.51 bits per heavy atom. The molecule has 0 heterocycles. The lowest BCUT2D eigenvalue weighted by Gasteiger charge is -2.39. The summed E-state index contributed by atoms with van der Waals surface area (Å²) < 4.78 is 52.6. The summed E-state index contributed by atoms with van der Waals surface area (Å²) in [4.78, 5) is 19.2. The summed E-state index contributed by atoms with van der Waals surface area (Å²) in [6, 6.07) is 31.9. The molecule has 1 fully saturated rings. The van der Waals surface area contributed by atoms with E-state index in [0.717, 1.165) is 16.0 Å². The molecule has 0 radical (unpaired) electrons. The summed E-state index contributed by atoms with van der Waals surface area (Å²) in [6.45, 7) is 4.32. The number of urea groups is 1. The van der Waals surface area contributed by atoms with Crippen LogP contribution in [0.2, 0.25) is 5.02 Å². The number of hydrogen-bond donors (Lipinski definition) is 4. The Hall–Kier alpha value is -5.01. The summed E-state index contributed by atoms with van der Waals surface area (Å²) >= 11 is 6.33. The molecule has 57 heavy (non-hydrogen) atoms. The molecule has 0 saturated heterocycles. The molecule has 2 amide bonds. The number of allylic oxidation sites excluding steroid dienone is 1. The van der Waals surface area contributed by atoms with Crippen LogP contribution >= 0.6 is 11.6 Å².